The summed E-state index contributed by atoms with van der Waals surface area (Å²) < 4.78 is 6.53. The zero-order chi connectivity index (χ0) is 14.7. The second-order valence-electron chi connectivity index (χ2n) is 4.62. The van der Waals surface area contributed by atoms with Crippen molar-refractivity contribution in [2.75, 3.05) is 7.11 Å². The third-order valence-electron chi connectivity index (χ3n) is 3.33. The van der Waals surface area contributed by atoms with E-state index < -0.39 is 0 Å². The van der Waals surface area contributed by atoms with Crippen LogP contribution < -0.4 is 16.0 Å². The first-order valence-electron chi connectivity index (χ1n) is 6.60. The van der Waals surface area contributed by atoms with E-state index in [2.05, 4.69) is 21.5 Å². The van der Waals surface area contributed by atoms with Crippen molar-refractivity contribution >= 4 is 21.6 Å². The van der Waals surface area contributed by atoms with Gasteiger partial charge in [-0.1, -0.05) is 12.1 Å². The van der Waals surface area contributed by atoms with Crippen LogP contribution in [-0.2, 0) is 6.42 Å². The van der Waals surface area contributed by atoms with E-state index >= 15 is 0 Å². The number of hydrogen-bond donors (Lipinski definition) is 2. The second kappa shape index (κ2) is 6.17. The highest BCUT2D eigenvalue weighted by molar-refractivity contribution is 7.18. The number of para-hydroxylation sites is 1. The number of nitrogens with zero attached hydrogens (tertiary/aromatic N) is 2. The molecule has 0 radical (unpaired) electrons. The van der Waals surface area contributed by atoms with Gasteiger partial charge in [-0.05, 0) is 18.2 Å². The normalized spacial score (nSPS) is 12.5. The van der Waals surface area contributed by atoms with Gasteiger partial charge in [0.15, 0.2) is 0 Å². The predicted molar refractivity (Wildman–Crippen MR) is 84.2 cm³/mol. The van der Waals surface area contributed by atoms with Gasteiger partial charge in [0.25, 0.3) is 0 Å². The topological polar surface area (TPSA) is 73.1 Å². The highest BCUT2D eigenvalue weighted by Gasteiger charge is 2.17. The van der Waals surface area contributed by atoms with Crippen molar-refractivity contribution in [3.63, 3.8) is 0 Å². The van der Waals surface area contributed by atoms with Crippen LogP contribution in [0.1, 0.15) is 16.6 Å². The van der Waals surface area contributed by atoms with Gasteiger partial charge in [-0.2, -0.15) is 0 Å². The fourth-order valence-corrected chi connectivity index (χ4v) is 3.30. The zero-order valence-corrected chi connectivity index (χ0v) is 12.4. The Bertz CT molecular complexity index is 710. The Balaban J connectivity index is 1.90. The van der Waals surface area contributed by atoms with E-state index in [1.165, 1.54) is 4.70 Å². The lowest BCUT2D eigenvalue weighted by atomic mass is 10.1. The summed E-state index contributed by atoms with van der Waals surface area (Å²) in [6.45, 7) is 0. The number of thiazole rings is 1. The molecule has 2 heterocycles. The van der Waals surface area contributed by atoms with Gasteiger partial charge >= 0.3 is 0 Å². The quantitative estimate of drug-likeness (QED) is 0.559. The number of hydrazine groups is 1. The fraction of sp³-hybridized carbons (Fsp3) is 0.200. The molecule has 1 aromatic carbocycles. The Labute approximate surface area is 126 Å². The molecule has 0 saturated carbocycles. The van der Waals surface area contributed by atoms with Gasteiger partial charge < -0.3 is 4.74 Å². The lowest BCUT2D eigenvalue weighted by Gasteiger charge is -2.17. The molecule has 0 aliphatic rings. The van der Waals surface area contributed by atoms with E-state index in [1.807, 2.05) is 24.3 Å². The van der Waals surface area contributed by atoms with Crippen molar-refractivity contribution in [3.05, 3.63) is 53.3 Å². The van der Waals surface area contributed by atoms with Crippen LogP contribution >= 0.6 is 11.3 Å². The maximum absolute atomic E-state index is 5.72. The van der Waals surface area contributed by atoms with Crippen LogP contribution in [0.15, 0.2) is 42.7 Å². The molecule has 0 amide bonds. The molecule has 3 aromatic rings. The standard InChI is InChI=1S/C15H16N4OS/c1-20-13-9-17-7-6-10(13)12(19-16)8-15-18-11-4-2-3-5-14(11)21-15/h2-7,9,12,19H,8,16H2,1H3. The van der Waals surface area contributed by atoms with E-state index in [9.17, 15) is 0 Å². The highest BCUT2D eigenvalue weighted by Crippen LogP contribution is 2.29. The first-order chi connectivity index (χ1) is 10.3. The van der Waals surface area contributed by atoms with Gasteiger partial charge in [-0.3, -0.25) is 16.3 Å². The van der Waals surface area contributed by atoms with E-state index in [1.54, 1.807) is 30.8 Å². The van der Waals surface area contributed by atoms with Crippen LogP contribution in [0, 0.1) is 0 Å². The predicted octanol–water partition coefficient (Wildman–Crippen LogP) is 2.45. The number of pyridine rings is 1. The van der Waals surface area contributed by atoms with Gasteiger partial charge in [0.2, 0.25) is 0 Å². The third kappa shape index (κ3) is 2.87. The zero-order valence-electron chi connectivity index (χ0n) is 11.6. The molecule has 108 valence electrons. The van der Waals surface area contributed by atoms with E-state index in [0.717, 1.165) is 21.8 Å². The number of hydrogen-bond acceptors (Lipinski definition) is 6. The fourth-order valence-electron chi connectivity index (χ4n) is 2.29. The minimum absolute atomic E-state index is 0.0662. The maximum atomic E-state index is 5.72. The molecule has 1 unspecified atom stereocenters. The van der Waals surface area contributed by atoms with Crippen LogP contribution in [0.2, 0.25) is 0 Å². The van der Waals surface area contributed by atoms with Crippen LogP contribution in [-0.4, -0.2) is 17.1 Å². The number of rotatable bonds is 5. The average Bonchev–Trinajstić information content (AvgIpc) is 2.95. The number of nitrogens with two attached hydrogens (primary N) is 1. The Morgan fingerprint density at radius 2 is 2.19 bits per heavy atom. The molecule has 0 aliphatic carbocycles. The third-order valence-corrected chi connectivity index (χ3v) is 4.39. The maximum Gasteiger partial charge on any atom is 0.141 e. The first kappa shape index (κ1) is 13.9. The molecule has 0 bridgehead atoms. The number of benzene rings is 1. The summed E-state index contributed by atoms with van der Waals surface area (Å²) >= 11 is 1.69. The van der Waals surface area contributed by atoms with Crippen LogP contribution in [0.5, 0.6) is 5.75 Å². The van der Waals surface area contributed by atoms with Crippen molar-refractivity contribution < 1.29 is 4.74 Å². The molecule has 5 nitrogen and oxygen atoms in total. The van der Waals surface area contributed by atoms with Crippen molar-refractivity contribution in [1.82, 2.24) is 15.4 Å². The SMILES string of the molecule is COc1cnccc1C(Cc1nc2ccccc2s1)NN. The second-order valence-corrected chi connectivity index (χ2v) is 5.73. The number of aromatic nitrogens is 2. The molecule has 6 heteroatoms. The Hall–Kier alpha value is -2.02. The summed E-state index contributed by atoms with van der Waals surface area (Å²) in [6, 6.07) is 9.97. The Kier molecular flexibility index (Phi) is 4.10. The molecule has 0 saturated heterocycles. The van der Waals surface area contributed by atoms with Gasteiger partial charge in [0.05, 0.1) is 34.6 Å². The van der Waals surface area contributed by atoms with E-state index in [4.69, 9.17) is 10.6 Å². The number of nitrogens with one attached hydrogen (secondary N) is 1. The van der Waals surface area contributed by atoms with Crippen LogP contribution in [0.4, 0.5) is 0 Å². The lowest BCUT2D eigenvalue weighted by molar-refractivity contribution is 0.397. The number of ether oxygens (including phenoxy) is 1. The first-order valence-corrected chi connectivity index (χ1v) is 7.42. The highest BCUT2D eigenvalue weighted by atomic mass is 32.1. The van der Waals surface area contributed by atoms with Crippen LogP contribution in [0.25, 0.3) is 10.2 Å². The van der Waals surface area contributed by atoms with Gasteiger partial charge in [-0.25, -0.2) is 4.98 Å². The van der Waals surface area contributed by atoms with Crippen molar-refractivity contribution in [1.29, 1.82) is 0 Å². The molecule has 0 fully saturated rings. The largest absolute Gasteiger partial charge is 0.495 e. The molecule has 0 spiro atoms. The van der Waals surface area contributed by atoms with Gasteiger partial charge in [-0.15, -0.1) is 11.3 Å². The number of fused-ring (bicyclic) bond motifs is 1. The number of methoxy groups -OCH3 is 1. The van der Waals surface area contributed by atoms with Gasteiger partial charge in [0.1, 0.15) is 5.75 Å². The molecule has 0 aliphatic heterocycles. The van der Waals surface area contributed by atoms with Gasteiger partial charge in [0, 0.05) is 18.2 Å². The average molecular weight is 300 g/mol. The Morgan fingerprint density at radius 3 is 2.95 bits per heavy atom. The van der Waals surface area contributed by atoms with E-state index in [0.29, 0.717) is 6.42 Å². The smallest absolute Gasteiger partial charge is 0.141 e. The summed E-state index contributed by atoms with van der Waals surface area (Å²) in [7, 11) is 1.63. The van der Waals surface area contributed by atoms with E-state index in [-0.39, 0.29) is 6.04 Å². The molecular weight excluding hydrogens is 284 g/mol. The molecule has 3 rings (SSSR count). The Morgan fingerprint density at radius 1 is 1.33 bits per heavy atom. The molecular formula is C15H16N4OS. The summed E-state index contributed by atoms with van der Waals surface area (Å²) in [5, 5.41) is 1.04. The molecule has 21 heavy (non-hydrogen) atoms. The lowest BCUT2D eigenvalue weighted by Crippen LogP contribution is -2.29. The van der Waals surface area contributed by atoms with Crippen molar-refractivity contribution in [2.24, 2.45) is 5.84 Å². The monoisotopic (exact) mass is 300 g/mol. The molecule has 1 atom stereocenters. The van der Waals surface area contributed by atoms with Crippen LogP contribution in [0.3, 0.4) is 0 Å². The molecule has 2 aromatic heterocycles. The van der Waals surface area contributed by atoms with Crippen molar-refractivity contribution in [2.45, 2.75) is 12.5 Å². The molecule has 3 N–H and O–H groups in total. The summed E-state index contributed by atoms with van der Waals surface area (Å²) in [4.78, 5) is 8.72. The van der Waals surface area contributed by atoms with Crippen molar-refractivity contribution in [3.8, 4) is 5.75 Å². The minimum Gasteiger partial charge on any atom is -0.495 e. The summed E-state index contributed by atoms with van der Waals surface area (Å²) in [5.41, 5.74) is 4.85. The minimum atomic E-state index is -0.0662. The summed E-state index contributed by atoms with van der Waals surface area (Å²) in [5.74, 6) is 6.45. The summed E-state index contributed by atoms with van der Waals surface area (Å²) in [6.07, 6.45) is 4.13.